The molecule has 3 heteroatoms. The van der Waals surface area contributed by atoms with Gasteiger partial charge < -0.3 is 10.2 Å². The molecule has 1 aliphatic carbocycles. The quantitative estimate of drug-likeness (QED) is 0.704. The fraction of sp³-hybridized carbons (Fsp3) is 0.900. The highest BCUT2D eigenvalue weighted by Crippen LogP contribution is 2.32. The predicted molar refractivity (Wildman–Crippen MR) is 49.4 cm³/mol. The Balaban J connectivity index is 2.36. The van der Waals surface area contributed by atoms with Crippen molar-refractivity contribution >= 4 is 5.97 Å². The highest BCUT2D eigenvalue weighted by molar-refractivity contribution is 5.72. The average Bonchev–Trinajstić information content (AvgIpc) is 2.17. The second-order valence-corrected chi connectivity index (χ2v) is 3.97. The minimum Gasteiger partial charge on any atom is -0.479 e. The number of aliphatic carboxylic acids is 1. The van der Waals surface area contributed by atoms with Crippen molar-refractivity contribution in [1.29, 1.82) is 0 Å². The van der Waals surface area contributed by atoms with E-state index in [0.717, 1.165) is 31.6 Å². The molecule has 13 heavy (non-hydrogen) atoms. The van der Waals surface area contributed by atoms with Gasteiger partial charge in [0.1, 0.15) is 0 Å². The molecule has 0 saturated heterocycles. The lowest BCUT2D eigenvalue weighted by Crippen LogP contribution is -2.32. The van der Waals surface area contributed by atoms with Crippen molar-refractivity contribution in [3.8, 4) is 0 Å². The molecule has 76 valence electrons. The van der Waals surface area contributed by atoms with Crippen molar-refractivity contribution in [2.45, 2.75) is 45.1 Å². The van der Waals surface area contributed by atoms with Crippen LogP contribution in [0, 0.1) is 11.8 Å². The summed E-state index contributed by atoms with van der Waals surface area (Å²) in [7, 11) is 0. The van der Waals surface area contributed by atoms with Crippen LogP contribution in [0.5, 0.6) is 0 Å². The lowest BCUT2D eigenvalue weighted by atomic mass is 9.78. The van der Waals surface area contributed by atoms with E-state index in [1.54, 1.807) is 0 Å². The Morgan fingerprint density at radius 3 is 2.31 bits per heavy atom. The smallest absolute Gasteiger partial charge is 0.332 e. The summed E-state index contributed by atoms with van der Waals surface area (Å²) in [6.07, 6.45) is 3.92. The van der Waals surface area contributed by atoms with E-state index in [0.29, 0.717) is 0 Å². The summed E-state index contributed by atoms with van der Waals surface area (Å²) < 4.78 is 0. The van der Waals surface area contributed by atoms with Crippen LogP contribution < -0.4 is 0 Å². The highest BCUT2D eigenvalue weighted by atomic mass is 16.4. The summed E-state index contributed by atoms with van der Waals surface area (Å²) in [6, 6.07) is 0. The van der Waals surface area contributed by atoms with Crippen molar-refractivity contribution in [2.24, 2.45) is 11.8 Å². The van der Waals surface area contributed by atoms with Crippen LogP contribution in [0.25, 0.3) is 0 Å². The van der Waals surface area contributed by atoms with E-state index in [2.05, 4.69) is 6.92 Å². The fourth-order valence-electron chi connectivity index (χ4n) is 2.11. The maximum Gasteiger partial charge on any atom is 0.332 e. The van der Waals surface area contributed by atoms with Crippen LogP contribution in [-0.4, -0.2) is 22.3 Å². The van der Waals surface area contributed by atoms with Gasteiger partial charge >= 0.3 is 5.97 Å². The van der Waals surface area contributed by atoms with Crippen LogP contribution in [0.15, 0.2) is 0 Å². The van der Waals surface area contributed by atoms with E-state index < -0.39 is 12.1 Å². The first kappa shape index (κ1) is 10.5. The number of aliphatic hydroxyl groups is 1. The van der Waals surface area contributed by atoms with Crippen LogP contribution in [-0.2, 0) is 4.79 Å². The van der Waals surface area contributed by atoms with E-state index >= 15 is 0 Å². The molecule has 1 aliphatic rings. The van der Waals surface area contributed by atoms with E-state index in [4.69, 9.17) is 5.11 Å². The molecule has 0 amide bonds. The van der Waals surface area contributed by atoms with E-state index in [-0.39, 0.29) is 5.92 Å². The molecule has 0 spiro atoms. The Morgan fingerprint density at radius 2 is 1.92 bits per heavy atom. The van der Waals surface area contributed by atoms with Crippen LogP contribution in [0.1, 0.15) is 39.0 Å². The summed E-state index contributed by atoms with van der Waals surface area (Å²) in [4.78, 5) is 10.5. The summed E-state index contributed by atoms with van der Waals surface area (Å²) in [5, 5.41) is 17.9. The van der Waals surface area contributed by atoms with Crippen molar-refractivity contribution < 1.29 is 15.0 Å². The zero-order valence-electron chi connectivity index (χ0n) is 8.07. The normalized spacial score (nSPS) is 31.2. The Labute approximate surface area is 78.8 Å². The Bertz CT molecular complexity index is 171. The third kappa shape index (κ3) is 2.69. The molecule has 0 heterocycles. The van der Waals surface area contributed by atoms with Crippen molar-refractivity contribution in [3.63, 3.8) is 0 Å². The second kappa shape index (κ2) is 4.61. The van der Waals surface area contributed by atoms with E-state index in [1.807, 2.05) is 0 Å². The predicted octanol–water partition coefficient (Wildman–Crippen LogP) is 1.65. The molecule has 0 aromatic rings. The molecule has 3 nitrogen and oxygen atoms in total. The van der Waals surface area contributed by atoms with Crippen LogP contribution in [0.2, 0.25) is 0 Å². The zero-order valence-corrected chi connectivity index (χ0v) is 8.07. The lowest BCUT2D eigenvalue weighted by molar-refractivity contribution is -0.150. The highest BCUT2D eigenvalue weighted by Gasteiger charge is 2.29. The molecule has 0 aliphatic heterocycles. The standard InChI is InChI=1S/C10H18O3/c1-2-7-3-5-8(6-4-7)9(11)10(12)13/h7-9,11H,2-6H2,1H3,(H,12,13). The Morgan fingerprint density at radius 1 is 1.38 bits per heavy atom. The Hall–Kier alpha value is -0.570. The second-order valence-electron chi connectivity index (χ2n) is 3.97. The molecule has 1 unspecified atom stereocenters. The van der Waals surface area contributed by atoms with Gasteiger partial charge in [0, 0.05) is 0 Å². The van der Waals surface area contributed by atoms with Gasteiger partial charge in [-0.25, -0.2) is 4.79 Å². The van der Waals surface area contributed by atoms with Gasteiger partial charge in [0.2, 0.25) is 0 Å². The number of carboxylic acid groups (broad SMARTS) is 1. The van der Waals surface area contributed by atoms with Crippen molar-refractivity contribution in [3.05, 3.63) is 0 Å². The minimum absolute atomic E-state index is 0.0136. The van der Waals surface area contributed by atoms with Crippen LogP contribution >= 0.6 is 0 Å². The van der Waals surface area contributed by atoms with Gasteiger partial charge in [-0.2, -0.15) is 0 Å². The van der Waals surface area contributed by atoms with E-state index in [9.17, 15) is 9.90 Å². The van der Waals surface area contributed by atoms with Gasteiger partial charge in [-0.05, 0) is 24.7 Å². The average molecular weight is 186 g/mol. The summed E-state index contributed by atoms with van der Waals surface area (Å²) >= 11 is 0. The number of aliphatic hydroxyl groups excluding tert-OH is 1. The first-order valence-electron chi connectivity index (χ1n) is 5.06. The number of hydrogen-bond donors (Lipinski definition) is 2. The minimum atomic E-state index is -1.14. The molecule has 0 aromatic heterocycles. The van der Waals surface area contributed by atoms with Crippen LogP contribution in [0.3, 0.4) is 0 Å². The van der Waals surface area contributed by atoms with Gasteiger partial charge in [-0.3, -0.25) is 0 Å². The van der Waals surface area contributed by atoms with Gasteiger partial charge in [-0.1, -0.05) is 26.2 Å². The topological polar surface area (TPSA) is 57.5 Å². The van der Waals surface area contributed by atoms with Gasteiger partial charge in [0.25, 0.3) is 0 Å². The molecule has 0 aromatic carbocycles. The van der Waals surface area contributed by atoms with E-state index in [1.165, 1.54) is 6.42 Å². The number of carboxylic acids is 1. The molecule has 0 radical (unpaired) electrons. The summed E-state index contributed by atoms with van der Waals surface area (Å²) in [5.41, 5.74) is 0. The summed E-state index contributed by atoms with van der Waals surface area (Å²) in [6.45, 7) is 2.17. The summed E-state index contributed by atoms with van der Waals surface area (Å²) in [5.74, 6) is -0.336. The first-order chi connectivity index (χ1) is 6.15. The molecule has 1 rings (SSSR count). The molecule has 0 bridgehead atoms. The molecular weight excluding hydrogens is 168 g/mol. The molecular formula is C10H18O3. The molecule has 1 fully saturated rings. The maximum absolute atomic E-state index is 10.5. The van der Waals surface area contributed by atoms with Gasteiger partial charge in [0.15, 0.2) is 6.10 Å². The monoisotopic (exact) mass is 186 g/mol. The van der Waals surface area contributed by atoms with Crippen molar-refractivity contribution in [2.75, 3.05) is 0 Å². The zero-order chi connectivity index (χ0) is 9.84. The Kier molecular flexibility index (Phi) is 3.72. The maximum atomic E-state index is 10.5. The number of rotatable bonds is 3. The largest absolute Gasteiger partial charge is 0.479 e. The van der Waals surface area contributed by atoms with Crippen molar-refractivity contribution in [1.82, 2.24) is 0 Å². The van der Waals surface area contributed by atoms with Gasteiger partial charge in [0.05, 0.1) is 0 Å². The third-order valence-corrected chi connectivity index (χ3v) is 3.17. The third-order valence-electron chi connectivity index (χ3n) is 3.17. The first-order valence-corrected chi connectivity index (χ1v) is 5.06. The molecule has 1 saturated carbocycles. The van der Waals surface area contributed by atoms with Gasteiger partial charge in [-0.15, -0.1) is 0 Å². The lowest BCUT2D eigenvalue weighted by Gasteiger charge is -2.29. The molecule has 1 atom stereocenters. The fourth-order valence-corrected chi connectivity index (χ4v) is 2.11. The molecule has 2 N–H and O–H groups in total. The number of carbonyl (C=O) groups is 1. The SMILES string of the molecule is CCC1CCC(C(O)C(=O)O)CC1. The van der Waals surface area contributed by atoms with Crippen LogP contribution in [0.4, 0.5) is 0 Å². The number of hydrogen-bond acceptors (Lipinski definition) is 2.